The molecule has 0 aliphatic heterocycles. The van der Waals surface area contributed by atoms with Gasteiger partial charge in [0.25, 0.3) is 0 Å². The molecule has 0 aliphatic carbocycles. The molecule has 0 unspecified atom stereocenters. The normalized spacial score (nSPS) is 12.1. The highest BCUT2D eigenvalue weighted by atomic mass is 19.4. The van der Waals surface area contributed by atoms with Crippen molar-refractivity contribution < 1.29 is 17.9 Å². The van der Waals surface area contributed by atoms with Crippen molar-refractivity contribution in [2.45, 2.75) is 19.7 Å². The number of aliphatic imine (C=N–C) groups is 1. The van der Waals surface area contributed by atoms with Crippen LogP contribution >= 0.6 is 0 Å². The van der Waals surface area contributed by atoms with Crippen LogP contribution in [0.15, 0.2) is 60.1 Å². The first-order valence-electron chi connectivity index (χ1n) is 7.17. The van der Waals surface area contributed by atoms with E-state index in [2.05, 4.69) is 16.3 Å². The van der Waals surface area contributed by atoms with Crippen molar-refractivity contribution in [1.29, 1.82) is 0 Å². The summed E-state index contributed by atoms with van der Waals surface area (Å²) in [6.45, 7) is 5.70. The van der Waals surface area contributed by atoms with E-state index >= 15 is 0 Å². The Balaban J connectivity index is 2.15. The van der Waals surface area contributed by atoms with Crippen LogP contribution in [0.2, 0.25) is 0 Å². The third-order valence-electron chi connectivity index (χ3n) is 3.19. The zero-order valence-corrected chi connectivity index (χ0v) is 13.1. The predicted octanol–water partition coefficient (Wildman–Crippen LogP) is 4.85. The molecule has 6 heteroatoms. The maximum absolute atomic E-state index is 12.2. The lowest BCUT2D eigenvalue weighted by Crippen LogP contribution is -2.17. The summed E-state index contributed by atoms with van der Waals surface area (Å²) in [7, 11) is 0. The summed E-state index contributed by atoms with van der Waals surface area (Å²) in [5.41, 5.74) is 8.79. The molecule has 126 valence electrons. The first kappa shape index (κ1) is 17.6. The van der Waals surface area contributed by atoms with Gasteiger partial charge in [-0.1, -0.05) is 36.9 Å². The van der Waals surface area contributed by atoms with Gasteiger partial charge in [0.15, 0.2) is 0 Å². The van der Waals surface area contributed by atoms with Crippen molar-refractivity contribution in [2.24, 2.45) is 10.7 Å². The number of allylic oxidation sites excluding steroid dienone is 1. The number of hydrogen-bond donors (Lipinski definition) is 1. The molecule has 2 rings (SSSR count). The third-order valence-corrected chi connectivity index (χ3v) is 3.19. The summed E-state index contributed by atoms with van der Waals surface area (Å²) < 4.78 is 40.4. The molecule has 0 amide bonds. The highest BCUT2D eigenvalue weighted by Crippen LogP contribution is 2.28. The number of amidine groups is 1. The van der Waals surface area contributed by atoms with Gasteiger partial charge in [0, 0.05) is 0 Å². The fraction of sp³-hybridized carbons (Fsp3) is 0.167. The molecule has 2 aromatic rings. The van der Waals surface area contributed by atoms with E-state index in [1.165, 1.54) is 12.1 Å². The first-order chi connectivity index (χ1) is 11.2. The lowest BCUT2D eigenvalue weighted by Gasteiger charge is -2.11. The second-order valence-electron chi connectivity index (χ2n) is 5.23. The summed E-state index contributed by atoms with van der Waals surface area (Å²) in [6, 6.07) is 13.1. The van der Waals surface area contributed by atoms with Gasteiger partial charge in [-0.2, -0.15) is 0 Å². The molecule has 0 radical (unpaired) electrons. The van der Waals surface area contributed by atoms with E-state index < -0.39 is 6.36 Å². The molecule has 0 heterocycles. The Morgan fingerprint density at radius 3 is 2.33 bits per heavy atom. The van der Waals surface area contributed by atoms with Crippen molar-refractivity contribution in [3.8, 4) is 5.75 Å². The summed E-state index contributed by atoms with van der Waals surface area (Å²) in [5, 5.41) is 0. The Morgan fingerprint density at radius 1 is 1.12 bits per heavy atom. The zero-order valence-electron chi connectivity index (χ0n) is 13.1. The van der Waals surface area contributed by atoms with Gasteiger partial charge in [-0.05, 0) is 48.2 Å². The van der Waals surface area contributed by atoms with Gasteiger partial charge in [-0.3, -0.25) is 0 Å². The Hall–Kier alpha value is -2.76. The van der Waals surface area contributed by atoms with Crippen LogP contribution in [0.3, 0.4) is 0 Å². The lowest BCUT2D eigenvalue weighted by molar-refractivity contribution is -0.274. The van der Waals surface area contributed by atoms with Crippen molar-refractivity contribution in [3.63, 3.8) is 0 Å². The molecule has 2 N–H and O–H groups in total. The molecule has 0 saturated heterocycles. The van der Waals surface area contributed by atoms with Crippen LogP contribution in [0.25, 0.3) is 5.57 Å². The fourth-order valence-corrected chi connectivity index (χ4v) is 2.18. The van der Waals surface area contributed by atoms with Crippen molar-refractivity contribution in [2.75, 3.05) is 0 Å². The number of benzene rings is 2. The predicted molar refractivity (Wildman–Crippen MR) is 89.3 cm³/mol. The van der Waals surface area contributed by atoms with Crippen LogP contribution in [0.5, 0.6) is 5.75 Å². The molecule has 0 spiro atoms. The molecule has 0 bridgehead atoms. The largest absolute Gasteiger partial charge is 0.573 e. The molecular formula is C18H17F3N2O. The van der Waals surface area contributed by atoms with Gasteiger partial charge in [-0.25, -0.2) is 4.99 Å². The monoisotopic (exact) mass is 334 g/mol. The second-order valence-corrected chi connectivity index (χ2v) is 5.23. The van der Waals surface area contributed by atoms with Crippen LogP contribution < -0.4 is 10.5 Å². The van der Waals surface area contributed by atoms with Gasteiger partial charge >= 0.3 is 6.36 Å². The number of nitrogens with two attached hydrogens (primary N) is 1. The molecule has 3 nitrogen and oxygen atoms in total. The molecule has 0 fully saturated rings. The van der Waals surface area contributed by atoms with Gasteiger partial charge in [-0.15, -0.1) is 13.2 Å². The Kier molecular flexibility index (Phi) is 5.28. The van der Waals surface area contributed by atoms with E-state index in [0.717, 1.165) is 22.4 Å². The number of ether oxygens (including phenoxy) is 1. The van der Waals surface area contributed by atoms with Crippen LogP contribution in [-0.4, -0.2) is 12.2 Å². The molecular weight excluding hydrogens is 317 g/mol. The van der Waals surface area contributed by atoms with Gasteiger partial charge < -0.3 is 10.5 Å². The number of halogens is 3. The molecule has 24 heavy (non-hydrogen) atoms. The smallest absolute Gasteiger partial charge is 0.406 e. The second kappa shape index (κ2) is 7.21. The van der Waals surface area contributed by atoms with Crippen LogP contribution in [0.4, 0.5) is 18.9 Å². The highest BCUT2D eigenvalue weighted by molar-refractivity contribution is 5.81. The van der Waals surface area contributed by atoms with Crippen molar-refractivity contribution in [1.82, 2.24) is 0 Å². The van der Waals surface area contributed by atoms with Crippen LogP contribution in [0, 0.1) is 0 Å². The topological polar surface area (TPSA) is 47.6 Å². The molecule has 0 aromatic heterocycles. The fourth-order valence-electron chi connectivity index (χ4n) is 2.18. The number of nitrogens with zero attached hydrogens (tertiary/aromatic N) is 1. The lowest BCUT2D eigenvalue weighted by atomic mass is 9.98. The average Bonchev–Trinajstić information content (AvgIpc) is 2.48. The quantitative estimate of drug-likeness (QED) is 0.628. The Morgan fingerprint density at radius 2 is 1.75 bits per heavy atom. The first-order valence-corrected chi connectivity index (χ1v) is 7.17. The third kappa shape index (κ3) is 5.15. The van der Waals surface area contributed by atoms with Crippen LogP contribution in [-0.2, 0) is 6.42 Å². The molecule has 2 aromatic carbocycles. The number of rotatable bonds is 5. The maximum atomic E-state index is 12.2. The van der Waals surface area contributed by atoms with E-state index in [0.29, 0.717) is 12.3 Å². The van der Waals surface area contributed by atoms with E-state index in [9.17, 15) is 13.2 Å². The minimum atomic E-state index is -4.70. The summed E-state index contributed by atoms with van der Waals surface area (Å²) in [4.78, 5) is 4.27. The number of para-hydroxylation sites is 1. The Labute approximate surface area is 138 Å². The van der Waals surface area contributed by atoms with Crippen molar-refractivity contribution >= 4 is 17.1 Å². The maximum Gasteiger partial charge on any atom is 0.573 e. The summed E-state index contributed by atoms with van der Waals surface area (Å²) in [6.07, 6.45) is -4.19. The summed E-state index contributed by atoms with van der Waals surface area (Å²) in [5.74, 6) is 0.185. The van der Waals surface area contributed by atoms with Gasteiger partial charge in [0.2, 0.25) is 0 Å². The highest BCUT2D eigenvalue weighted by Gasteiger charge is 2.30. The molecule has 0 aliphatic rings. The van der Waals surface area contributed by atoms with Crippen molar-refractivity contribution in [3.05, 3.63) is 66.2 Å². The van der Waals surface area contributed by atoms with Gasteiger partial charge in [0.05, 0.1) is 11.5 Å². The Bertz CT molecular complexity index is 746. The van der Waals surface area contributed by atoms with Crippen LogP contribution in [0.1, 0.15) is 18.1 Å². The van der Waals surface area contributed by atoms with E-state index in [1.54, 1.807) is 19.1 Å². The van der Waals surface area contributed by atoms with E-state index in [-0.39, 0.29) is 5.75 Å². The zero-order chi connectivity index (χ0) is 17.7. The molecule has 0 saturated carbocycles. The minimum Gasteiger partial charge on any atom is -0.406 e. The SMILES string of the molecule is C=C(Cc1ccccc1/N=C(/C)N)c1ccc(OC(F)(F)F)cc1. The van der Waals surface area contributed by atoms with E-state index in [4.69, 9.17) is 5.73 Å². The van der Waals surface area contributed by atoms with E-state index in [1.807, 2.05) is 24.3 Å². The molecule has 0 atom stereocenters. The average molecular weight is 334 g/mol. The summed E-state index contributed by atoms with van der Waals surface area (Å²) >= 11 is 0. The standard InChI is InChI=1S/C18H17F3N2O/c1-12(11-15-5-3-4-6-17(15)23-13(2)22)14-7-9-16(10-8-14)24-18(19,20)21/h3-10H,1,11H2,2H3,(H2,22,23). The van der Waals surface area contributed by atoms with Gasteiger partial charge in [0.1, 0.15) is 5.75 Å². The minimum absolute atomic E-state index is 0.261. The number of alkyl halides is 3. The number of hydrogen-bond acceptors (Lipinski definition) is 2.